The Hall–Kier alpha value is -0.850. The van der Waals surface area contributed by atoms with Crippen LogP contribution in [0.5, 0.6) is 0 Å². The van der Waals surface area contributed by atoms with Crippen molar-refractivity contribution in [1.82, 2.24) is 0 Å². The lowest BCUT2D eigenvalue weighted by atomic mass is 10.1. The van der Waals surface area contributed by atoms with Gasteiger partial charge in [0.25, 0.3) is 0 Å². The van der Waals surface area contributed by atoms with Gasteiger partial charge in [0, 0.05) is 0 Å². The van der Waals surface area contributed by atoms with E-state index in [1.807, 2.05) is 6.08 Å². The molecule has 1 nitrogen and oxygen atoms in total. The molecular weight excluding hydrogens is 220 g/mol. The summed E-state index contributed by atoms with van der Waals surface area (Å²) in [4.78, 5) is 9.88. The van der Waals surface area contributed by atoms with Crippen molar-refractivity contribution in [3.63, 3.8) is 0 Å². The summed E-state index contributed by atoms with van der Waals surface area (Å²) >= 11 is 0. The Morgan fingerprint density at radius 3 is 1.89 bits per heavy atom. The first-order chi connectivity index (χ1) is 8.91. The molecule has 0 amide bonds. The minimum atomic E-state index is 1.12. The molecule has 0 aromatic rings. The highest BCUT2D eigenvalue weighted by atomic mass is 16.1. The Bertz CT molecular complexity index is 216. The van der Waals surface area contributed by atoms with Gasteiger partial charge in [-0.3, -0.25) is 4.79 Å². The van der Waals surface area contributed by atoms with Crippen LogP contribution in [0.4, 0.5) is 0 Å². The summed E-state index contributed by atoms with van der Waals surface area (Å²) in [6.45, 7) is 2.27. The molecule has 1 radical (unpaired) electrons. The van der Waals surface area contributed by atoms with Gasteiger partial charge in [0.2, 0.25) is 6.29 Å². The minimum Gasteiger partial charge on any atom is -0.286 e. The number of unbranched alkanes of at least 4 members (excludes halogenated alkanes) is 10. The van der Waals surface area contributed by atoms with Crippen molar-refractivity contribution in [2.24, 2.45) is 0 Å². The van der Waals surface area contributed by atoms with Gasteiger partial charge in [-0.1, -0.05) is 82.9 Å². The largest absolute Gasteiger partial charge is 0.286 e. The molecule has 0 fully saturated rings. The zero-order valence-corrected chi connectivity index (χ0v) is 12.0. The summed E-state index contributed by atoms with van der Waals surface area (Å²) in [5, 5.41) is 0. The van der Waals surface area contributed by atoms with Crippen molar-refractivity contribution in [2.45, 2.75) is 77.6 Å². The van der Waals surface area contributed by atoms with E-state index in [1.54, 1.807) is 12.4 Å². The molecule has 103 valence electrons. The molecule has 0 unspecified atom stereocenters. The van der Waals surface area contributed by atoms with Gasteiger partial charge in [0.1, 0.15) is 0 Å². The molecule has 0 spiro atoms. The average Bonchev–Trinajstić information content (AvgIpc) is 2.39. The van der Waals surface area contributed by atoms with Gasteiger partial charge in [-0.25, -0.2) is 0 Å². The predicted octanol–water partition coefficient (Wildman–Crippen LogP) is 5.52. The highest BCUT2D eigenvalue weighted by Crippen LogP contribution is 2.11. The molecule has 0 heterocycles. The third kappa shape index (κ3) is 15.1. The van der Waals surface area contributed by atoms with Crippen LogP contribution in [-0.2, 0) is 4.79 Å². The zero-order chi connectivity index (χ0) is 13.3. The number of rotatable bonds is 13. The summed E-state index contributed by atoms with van der Waals surface area (Å²) in [5.41, 5.74) is 0. The molecule has 0 N–H and O–H groups in total. The monoisotopic (exact) mass is 249 g/mol. The molecule has 1 heteroatoms. The molecule has 0 aliphatic carbocycles. The number of allylic oxidation sites excluding steroid dienone is 4. The van der Waals surface area contributed by atoms with Crippen LogP contribution in [0, 0.1) is 0 Å². The standard InChI is InChI=1S/C17H29O/c1-2-3-4-5-6-7-8-9-10-11-12-13-14-15-16-17-18/h13-16H,2-12H2,1H3. The van der Waals surface area contributed by atoms with Crippen LogP contribution in [0.15, 0.2) is 24.3 Å². The van der Waals surface area contributed by atoms with Crippen LogP contribution in [0.2, 0.25) is 0 Å². The first-order valence-electron chi connectivity index (χ1n) is 7.61. The first kappa shape index (κ1) is 17.2. The van der Waals surface area contributed by atoms with E-state index in [0.717, 1.165) is 6.42 Å². The maximum absolute atomic E-state index is 9.88. The number of carbonyl (C=O) groups excluding carboxylic acids is 1. The molecule has 0 atom stereocenters. The van der Waals surface area contributed by atoms with Crippen molar-refractivity contribution in [3.05, 3.63) is 24.3 Å². The number of hydrogen-bond acceptors (Lipinski definition) is 1. The van der Waals surface area contributed by atoms with E-state index < -0.39 is 0 Å². The molecule has 0 aromatic carbocycles. The van der Waals surface area contributed by atoms with Gasteiger partial charge >= 0.3 is 0 Å². The van der Waals surface area contributed by atoms with E-state index in [-0.39, 0.29) is 0 Å². The summed E-state index contributed by atoms with van der Waals surface area (Å²) in [6, 6.07) is 0. The number of hydrogen-bond donors (Lipinski definition) is 0. The van der Waals surface area contributed by atoms with Gasteiger partial charge in [-0.15, -0.1) is 0 Å². The van der Waals surface area contributed by atoms with Crippen molar-refractivity contribution >= 4 is 6.29 Å². The molecule has 0 rings (SSSR count). The smallest absolute Gasteiger partial charge is 0.225 e. The van der Waals surface area contributed by atoms with Gasteiger partial charge in [-0.2, -0.15) is 0 Å². The maximum atomic E-state index is 9.88. The zero-order valence-electron chi connectivity index (χ0n) is 12.0. The summed E-state index contributed by atoms with van der Waals surface area (Å²) in [7, 11) is 0. The molecule has 18 heavy (non-hydrogen) atoms. The van der Waals surface area contributed by atoms with Crippen molar-refractivity contribution < 1.29 is 4.79 Å². The van der Waals surface area contributed by atoms with Crippen LogP contribution >= 0.6 is 0 Å². The molecule has 0 bridgehead atoms. The molecule has 0 aliphatic rings. The first-order valence-corrected chi connectivity index (χ1v) is 7.61. The molecular formula is C17H29O. The third-order valence-electron chi connectivity index (χ3n) is 3.14. The van der Waals surface area contributed by atoms with Crippen LogP contribution in [0.1, 0.15) is 77.6 Å². The second kappa shape index (κ2) is 16.1. The molecule has 0 saturated heterocycles. The molecule has 0 aromatic heterocycles. The van der Waals surface area contributed by atoms with Crippen LogP contribution in [0.3, 0.4) is 0 Å². The van der Waals surface area contributed by atoms with Gasteiger partial charge in [-0.05, 0) is 18.9 Å². The average molecular weight is 249 g/mol. The van der Waals surface area contributed by atoms with Crippen LogP contribution < -0.4 is 0 Å². The topological polar surface area (TPSA) is 17.1 Å². The highest BCUT2D eigenvalue weighted by Gasteiger charge is 1.91. The third-order valence-corrected chi connectivity index (χ3v) is 3.14. The van der Waals surface area contributed by atoms with E-state index in [0.29, 0.717) is 0 Å². The van der Waals surface area contributed by atoms with Crippen LogP contribution in [0.25, 0.3) is 0 Å². The normalized spacial score (nSPS) is 11.6. The SMILES string of the molecule is CCCCCCCCCCCCC=CC=C[C]=O. The fourth-order valence-electron chi connectivity index (χ4n) is 2.02. The Labute approximate surface area is 113 Å². The lowest BCUT2D eigenvalue weighted by Crippen LogP contribution is -1.81. The predicted molar refractivity (Wildman–Crippen MR) is 80.4 cm³/mol. The Morgan fingerprint density at radius 1 is 0.778 bits per heavy atom. The van der Waals surface area contributed by atoms with Crippen molar-refractivity contribution in [3.8, 4) is 0 Å². The maximum Gasteiger partial charge on any atom is 0.225 e. The van der Waals surface area contributed by atoms with Gasteiger partial charge < -0.3 is 0 Å². The van der Waals surface area contributed by atoms with E-state index >= 15 is 0 Å². The fourth-order valence-corrected chi connectivity index (χ4v) is 2.02. The van der Waals surface area contributed by atoms with E-state index in [4.69, 9.17) is 0 Å². The molecule has 0 saturated carbocycles. The second-order valence-electron chi connectivity index (χ2n) is 4.88. The van der Waals surface area contributed by atoms with E-state index in [2.05, 4.69) is 13.0 Å². The quantitative estimate of drug-likeness (QED) is 0.239. The minimum absolute atomic E-state index is 1.12. The summed E-state index contributed by atoms with van der Waals surface area (Å²) in [6.07, 6.45) is 23.9. The Kier molecular flexibility index (Phi) is 15.4. The Morgan fingerprint density at radius 2 is 1.33 bits per heavy atom. The summed E-state index contributed by atoms with van der Waals surface area (Å²) < 4.78 is 0. The highest BCUT2D eigenvalue weighted by molar-refractivity contribution is 5.66. The van der Waals surface area contributed by atoms with E-state index in [9.17, 15) is 4.79 Å². The second-order valence-corrected chi connectivity index (χ2v) is 4.88. The van der Waals surface area contributed by atoms with Crippen molar-refractivity contribution in [2.75, 3.05) is 0 Å². The van der Waals surface area contributed by atoms with Crippen molar-refractivity contribution in [1.29, 1.82) is 0 Å². The fraction of sp³-hybridized carbons (Fsp3) is 0.706. The van der Waals surface area contributed by atoms with E-state index in [1.165, 1.54) is 70.3 Å². The molecule has 0 aliphatic heterocycles. The van der Waals surface area contributed by atoms with Crippen LogP contribution in [-0.4, -0.2) is 6.29 Å². The lowest BCUT2D eigenvalue weighted by molar-refractivity contribution is 0.557. The lowest BCUT2D eigenvalue weighted by Gasteiger charge is -2.01. The van der Waals surface area contributed by atoms with Gasteiger partial charge in [0.05, 0.1) is 0 Å². The van der Waals surface area contributed by atoms with Gasteiger partial charge in [0.15, 0.2) is 0 Å². The Balaban J connectivity index is 3.05. The summed E-state index contributed by atoms with van der Waals surface area (Å²) in [5.74, 6) is 0.